The van der Waals surface area contributed by atoms with E-state index in [1.165, 1.54) is 0 Å². The Morgan fingerprint density at radius 1 is 1.47 bits per heavy atom. The van der Waals surface area contributed by atoms with Gasteiger partial charge in [0.1, 0.15) is 6.54 Å². The number of fused-ring (bicyclic) bond motifs is 2. The summed E-state index contributed by atoms with van der Waals surface area (Å²) in [7, 11) is 0. The standard InChI is InChI=1S/C13H16N4O2/c1-13(7-9-3-4-10(13)18-9)12-15-11(16-19-12)8-17-6-2-5-14-17/h2,5-6,9-10H,3-4,7-8H2,1H3. The number of nitrogens with zero attached hydrogens (tertiary/aromatic N) is 4. The molecule has 3 unspecified atom stereocenters. The van der Waals surface area contributed by atoms with Crippen molar-refractivity contribution in [2.45, 2.75) is 50.4 Å². The van der Waals surface area contributed by atoms with Crippen molar-refractivity contribution < 1.29 is 9.26 Å². The highest BCUT2D eigenvalue weighted by Gasteiger charge is 2.53. The SMILES string of the molecule is CC1(c2nc(Cn3cccn3)no2)CC2CCC1O2. The zero-order chi connectivity index (χ0) is 12.9. The van der Waals surface area contributed by atoms with Gasteiger partial charge >= 0.3 is 0 Å². The molecule has 4 rings (SSSR count). The summed E-state index contributed by atoms with van der Waals surface area (Å²) in [5.41, 5.74) is -0.113. The molecule has 2 bridgehead atoms. The largest absolute Gasteiger partial charge is 0.374 e. The molecule has 2 aliphatic rings. The van der Waals surface area contributed by atoms with Crippen molar-refractivity contribution in [3.63, 3.8) is 0 Å². The van der Waals surface area contributed by atoms with Gasteiger partial charge in [0.25, 0.3) is 0 Å². The highest BCUT2D eigenvalue weighted by Crippen LogP contribution is 2.48. The van der Waals surface area contributed by atoms with E-state index in [4.69, 9.17) is 9.26 Å². The fourth-order valence-electron chi connectivity index (χ4n) is 3.24. The lowest BCUT2D eigenvalue weighted by Crippen LogP contribution is -2.34. The number of rotatable bonds is 3. The van der Waals surface area contributed by atoms with E-state index in [1.54, 1.807) is 10.9 Å². The average molecular weight is 260 g/mol. The lowest BCUT2D eigenvalue weighted by Gasteiger charge is -2.26. The van der Waals surface area contributed by atoms with Crippen LogP contribution in [0.3, 0.4) is 0 Å². The van der Waals surface area contributed by atoms with E-state index in [-0.39, 0.29) is 11.5 Å². The molecule has 0 amide bonds. The van der Waals surface area contributed by atoms with Gasteiger partial charge in [-0.3, -0.25) is 4.68 Å². The van der Waals surface area contributed by atoms with Crippen molar-refractivity contribution in [2.24, 2.45) is 0 Å². The van der Waals surface area contributed by atoms with Crippen LogP contribution in [0.15, 0.2) is 23.0 Å². The number of hydrogen-bond acceptors (Lipinski definition) is 5. The Balaban J connectivity index is 1.58. The van der Waals surface area contributed by atoms with Gasteiger partial charge in [-0.25, -0.2) is 0 Å². The van der Waals surface area contributed by atoms with Crippen LogP contribution in [0.25, 0.3) is 0 Å². The maximum absolute atomic E-state index is 5.91. The van der Waals surface area contributed by atoms with Crippen molar-refractivity contribution in [3.8, 4) is 0 Å². The molecule has 19 heavy (non-hydrogen) atoms. The number of hydrogen-bond donors (Lipinski definition) is 0. The molecule has 2 aliphatic heterocycles. The van der Waals surface area contributed by atoms with Crippen LogP contribution < -0.4 is 0 Å². The lowest BCUT2D eigenvalue weighted by molar-refractivity contribution is 0.0803. The predicted molar refractivity (Wildman–Crippen MR) is 65.5 cm³/mol. The molecule has 6 nitrogen and oxygen atoms in total. The first-order valence-corrected chi connectivity index (χ1v) is 6.70. The highest BCUT2D eigenvalue weighted by atomic mass is 16.5. The molecule has 2 fully saturated rings. The first-order valence-electron chi connectivity index (χ1n) is 6.70. The van der Waals surface area contributed by atoms with Crippen molar-refractivity contribution in [3.05, 3.63) is 30.2 Å². The van der Waals surface area contributed by atoms with Crippen molar-refractivity contribution in [1.82, 2.24) is 19.9 Å². The number of ether oxygens (including phenoxy) is 1. The van der Waals surface area contributed by atoms with Gasteiger partial charge in [-0.05, 0) is 32.3 Å². The first kappa shape index (κ1) is 11.2. The van der Waals surface area contributed by atoms with Crippen molar-refractivity contribution in [1.29, 1.82) is 0 Å². The van der Waals surface area contributed by atoms with E-state index in [0.29, 0.717) is 24.4 Å². The Morgan fingerprint density at radius 3 is 3.11 bits per heavy atom. The minimum atomic E-state index is -0.113. The zero-order valence-corrected chi connectivity index (χ0v) is 10.8. The monoisotopic (exact) mass is 260 g/mol. The van der Waals surface area contributed by atoms with Gasteiger partial charge in [-0.1, -0.05) is 5.16 Å². The van der Waals surface area contributed by atoms with Gasteiger partial charge in [0.05, 0.1) is 17.6 Å². The summed E-state index contributed by atoms with van der Waals surface area (Å²) in [6.45, 7) is 2.71. The maximum Gasteiger partial charge on any atom is 0.235 e. The summed E-state index contributed by atoms with van der Waals surface area (Å²) >= 11 is 0. The molecule has 2 aromatic rings. The summed E-state index contributed by atoms with van der Waals surface area (Å²) in [4.78, 5) is 4.54. The van der Waals surface area contributed by atoms with Crippen LogP contribution in [0, 0.1) is 0 Å². The summed E-state index contributed by atoms with van der Waals surface area (Å²) < 4.78 is 13.2. The summed E-state index contributed by atoms with van der Waals surface area (Å²) in [6.07, 6.45) is 7.48. The molecular formula is C13H16N4O2. The first-order chi connectivity index (χ1) is 9.24. The fourth-order valence-corrected chi connectivity index (χ4v) is 3.24. The summed E-state index contributed by atoms with van der Waals surface area (Å²) in [6, 6.07) is 1.88. The third kappa shape index (κ3) is 1.70. The van der Waals surface area contributed by atoms with E-state index in [9.17, 15) is 0 Å². The van der Waals surface area contributed by atoms with Crippen LogP contribution in [0.4, 0.5) is 0 Å². The van der Waals surface area contributed by atoms with Crippen molar-refractivity contribution >= 4 is 0 Å². The van der Waals surface area contributed by atoms with Gasteiger partial charge in [0.2, 0.25) is 5.89 Å². The molecule has 0 spiro atoms. The molecule has 0 aliphatic carbocycles. The molecule has 0 radical (unpaired) electrons. The molecular weight excluding hydrogens is 244 g/mol. The normalized spacial score (nSPS) is 33.1. The predicted octanol–water partition coefficient (Wildman–Crippen LogP) is 1.52. The van der Waals surface area contributed by atoms with E-state index >= 15 is 0 Å². The third-order valence-corrected chi connectivity index (χ3v) is 4.29. The van der Waals surface area contributed by atoms with Crippen LogP contribution in [0.5, 0.6) is 0 Å². The van der Waals surface area contributed by atoms with Crippen LogP contribution in [0.2, 0.25) is 0 Å². The van der Waals surface area contributed by atoms with Crippen LogP contribution in [0.1, 0.15) is 37.9 Å². The molecule has 0 N–H and O–H groups in total. The topological polar surface area (TPSA) is 66.0 Å². The zero-order valence-electron chi connectivity index (χ0n) is 10.8. The second-order valence-electron chi connectivity index (χ2n) is 5.67. The second kappa shape index (κ2) is 3.90. The van der Waals surface area contributed by atoms with Crippen LogP contribution in [-0.2, 0) is 16.7 Å². The Kier molecular flexibility index (Phi) is 2.29. The Hall–Kier alpha value is -1.69. The third-order valence-electron chi connectivity index (χ3n) is 4.29. The molecule has 0 saturated carbocycles. The van der Waals surface area contributed by atoms with Crippen LogP contribution in [-0.4, -0.2) is 32.1 Å². The van der Waals surface area contributed by atoms with E-state index < -0.39 is 0 Å². The van der Waals surface area contributed by atoms with Gasteiger partial charge < -0.3 is 9.26 Å². The highest BCUT2D eigenvalue weighted by molar-refractivity contribution is 5.14. The quantitative estimate of drug-likeness (QED) is 0.837. The molecule has 4 heterocycles. The minimum absolute atomic E-state index is 0.113. The van der Waals surface area contributed by atoms with Gasteiger partial charge in [-0.15, -0.1) is 0 Å². The fraction of sp³-hybridized carbons (Fsp3) is 0.615. The van der Waals surface area contributed by atoms with Crippen molar-refractivity contribution in [2.75, 3.05) is 0 Å². The van der Waals surface area contributed by atoms with Crippen LogP contribution >= 0.6 is 0 Å². The van der Waals surface area contributed by atoms with E-state index in [2.05, 4.69) is 22.2 Å². The Labute approximate surface area is 110 Å². The number of aromatic nitrogens is 4. The summed E-state index contributed by atoms with van der Waals surface area (Å²) in [5, 5.41) is 8.21. The van der Waals surface area contributed by atoms with Gasteiger partial charge in [0, 0.05) is 12.4 Å². The molecule has 100 valence electrons. The lowest BCUT2D eigenvalue weighted by atomic mass is 9.75. The van der Waals surface area contributed by atoms with Gasteiger partial charge in [0.15, 0.2) is 5.82 Å². The molecule has 2 saturated heterocycles. The molecule has 0 aromatic carbocycles. The molecule has 3 atom stereocenters. The summed E-state index contributed by atoms with van der Waals surface area (Å²) in [5.74, 6) is 1.38. The minimum Gasteiger partial charge on any atom is -0.374 e. The van der Waals surface area contributed by atoms with E-state index in [0.717, 1.165) is 19.3 Å². The smallest absolute Gasteiger partial charge is 0.235 e. The maximum atomic E-state index is 5.91. The molecule has 2 aromatic heterocycles. The van der Waals surface area contributed by atoms with Gasteiger partial charge in [-0.2, -0.15) is 10.1 Å². The Morgan fingerprint density at radius 2 is 2.42 bits per heavy atom. The molecule has 6 heteroatoms. The van der Waals surface area contributed by atoms with E-state index in [1.807, 2.05) is 12.3 Å². The average Bonchev–Trinajstić information content (AvgIpc) is 3.11. The Bertz CT molecular complexity index is 579. The second-order valence-corrected chi connectivity index (χ2v) is 5.67.